The maximum Gasteiger partial charge on any atom is 0.391 e. The summed E-state index contributed by atoms with van der Waals surface area (Å²) in [6.45, 7) is 0. The van der Waals surface area contributed by atoms with Crippen molar-refractivity contribution in [2.24, 2.45) is 11.8 Å². The van der Waals surface area contributed by atoms with Gasteiger partial charge in [0.2, 0.25) is 5.91 Å². The Hall–Kier alpha value is -0.780. The molecule has 1 N–H and O–H groups in total. The molecule has 1 amide bonds. The first-order valence-electron chi connectivity index (χ1n) is 7.82. The number of aliphatic hydroxyl groups is 1. The van der Waals surface area contributed by atoms with Crippen molar-refractivity contribution < 1.29 is 23.1 Å². The quantitative estimate of drug-likeness (QED) is 0.851. The number of hydrogen-bond acceptors (Lipinski definition) is 2. The second kappa shape index (κ2) is 6.55. The van der Waals surface area contributed by atoms with Gasteiger partial charge in [-0.3, -0.25) is 4.79 Å². The summed E-state index contributed by atoms with van der Waals surface area (Å²) >= 11 is 0. The molecule has 3 nitrogen and oxygen atoms in total. The van der Waals surface area contributed by atoms with Gasteiger partial charge in [0.1, 0.15) is 0 Å². The molecule has 122 valence electrons. The van der Waals surface area contributed by atoms with Crippen LogP contribution in [-0.2, 0) is 4.79 Å². The van der Waals surface area contributed by atoms with Gasteiger partial charge in [0, 0.05) is 13.0 Å². The van der Waals surface area contributed by atoms with Crippen LogP contribution in [-0.4, -0.2) is 41.3 Å². The smallest absolute Gasteiger partial charge is 0.391 e. The Balaban J connectivity index is 1.98. The number of amides is 1. The van der Waals surface area contributed by atoms with Crippen molar-refractivity contribution in [3.05, 3.63) is 0 Å². The molecule has 0 aromatic carbocycles. The van der Waals surface area contributed by atoms with Crippen LogP contribution >= 0.6 is 0 Å². The van der Waals surface area contributed by atoms with Gasteiger partial charge in [-0.05, 0) is 32.1 Å². The lowest BCUT2D eigenvalue weighted by Gasteiger charge is -2.38. The molecule has 2 aliphatic rings. The van der Waals surface area contributed by atoms with Gasteiger partial charge in [-0.15, -0.1) is 0 Å². The van der Waals surface area contributed by atoms with Crippen LogP contribution in [0, 0.1) is 11.8 Å². The number of aliphatic hydroxyl groups excluding tert-OH is 1. The van der Waals surface area contributed by atoms with Crippen LogP contribution in [0.4, 0.5) is 13.2 Å². The van der Waals surface area contributed by atoms with Crippen LogP contribution in [0.15, 0.2) is 0 Å². The lowest BCUT2D eigenvalue weighted by atomic mass is 9.80. The zero-order valence-electron chi connectivity index (χ0n) is 12.4. The number of alkyl halides is 3. The molecule has 2 fully saturated rings. The fourth-order valence-electron chi connectivity index (χ4n) is 3.71. The summed E-state index contributed by atoms with van der Waals surface area (Å²) in [5, 5.41) is 9.99. The molecular weight excluding hydrogens is 283 g/mol. The summed E-state index contributed by atoms with van der Waals surface area (Å²) in [6, 6.07) is -0.238. The number of rotatable bonds is 2. The average molecular weight is 307 g/mol. The maximum atomic E-state index is 12.8. The number of hydrogen-bond donors (Lipinski definition) is 1. The zero-order chi connectivity index (χ0) is 15.6. The highest BCUT2D eigenvalue weighted by Gasteiger charge is 2.44. The molecule has 6 heteroatoms. The standard InChI is InChI=1S/C15H24F3NO2/c1-19(12-7-2-3-8-13(12)20)14(21)10-5-4-6-11(9-10)15(16,17)18/h10-13,20H,2-9H2,1H3. The summed E-state index contributed by atoms with van der Waals surface area (Å²) in [5.41, 5.74) is 0. The minimum atomic E-state index is -4.21. The van der Waals surface area contributed by atoms with Crippen LogP contribution in [0.25, 0.3) is 0 Å². The molecule has 0 heterocycles. The van der Waals surface area contributed by atoms with E-state index in [1.54, 1.807) is 7.05 Å². The SMILES string of the molecule is CN(C(=O)C1CCCC(C(F)(F)F)C1)C1CCCCC1O. The van der Waals surface area contributed by atoms with Crippen molar-refractivity contribution in [1.82, 2.24) is 4.90 Å². The molecule has 0 saturated heterocycles. The Labute approximate surface area is 123 Å². The van der Waals surface area contributed by atoms with Crippen LogP contribution in [0.3, 0.4) is 0 Å². The van der Waals surface area contributed by atoms with Gasteiger partial charge in [-0.1, -0.05) is 19.3 Å². The van der Waals surface area contributed by atoms with Crippen molar-refractivity contribution in [1.29, 1.82) is 0 Å². The van der Waals surface area contributed by atoms with Crippen molar-refractivity contribution in [3.8, 4) is 0 Å². The Morgan fingerprint density at radius 2 is 1.76 bits per heavy atom. The van der Waals surface area contributed by atoms with Gasteiger partial charge < -0.3 is 10.0 Å². The third kappa shape index (κ3) is 3.90. The molecule has 2 rings (SSSR count). The van der Waals surface area contributed by atoms with Crippen LogP contribution in [0.1, 0.15) is 51.4 Å². The Morgan fingerprint density at radius 1 is 1.10 bits per heavy atom. The van der Waals surface area contributed by atoms with E-state index in [0.29, 0.717) is 19.3 Å². The van der Waals surface area contributed by atoms with E-state index in [-0.39, 0.29) is 24.8 Å². The van der Waals surface area contributed by atoms with Crippen molar-refractivity contribution >= 4 is 5.91 Å². The number of nitrogens with zero attached hydrogens (tertiary/aromatic N) is 1. The van der Waals surface area contributed by atoms with Crippen molar-refractivity contribution in [2.45, 2.75) is 69.7 Å². The van der Waals surface area contributed by atoms with E-state index in [4.69, 9.17) is 0 Å². The van der Waals surface area contributed by atoms with E-state index in [9.17, 15) is 23.1 Å². The van der Waals surface area contributed by atoms with Crippen LogP contribution in [0.2, 0.25) is 0 Å². The highest BCUT2D eigenvalue weighted by atomic mass is 19.4. The summed E-state index contributed by atoms with van der Waals surface area (Å²) in [4.78, 5) is 14.0. The van der Waals surface area contributed by atoms with E-state index in [0.717, 1.165) is 19.3 Å². The van der Waals surface area contributed by atoms with Gasteiger partial charge in [-0.25, -0.2) is 0 Å². The predicted octanol–water partition coefficient (Wildman–Crippen LogP) is 3.12. The second-order valence-corrected chi connectivity index (χ2v) is 6.47. The van der Waals surface area contributed by atoms with E-state index in [1.165, 1.54) is 4.90 Å². The lowest BCUT2D eigenvalue weighted by Crippen LogP contribution is -2.49. The summed E-state index contributed by atoms with van der Waals surface area (Å²) in [5.74, 6) is -2.13. The molecule has 4 unspecified atom stereocenters. The Kier molecular flexibility index (Phi) is 5.17. The molecule has 4 atom stereocenters. The molecule has 0 aliphatic heterocycles. The van der Waals surface area contributed by atoms with E-state index < -0.39 is 24.1 Å². The first-order valence-corrected chi connectivity index (χ1v) is 7.82. The lowest BCUT2D eigenvalue weighted by molar-refractivity contribution is -0.187. The van der Waals surface area contributed by atoms with Gasteiger partial charge in [0.15, 0.2) is 0 Å². The molecule has 0 bridgehead atoms. The number of carbonyl (C=O) groups is 1. The van der Waals surface area contributed by atoms with Crippen LogP contribution < -0.4 is 0 Å². The van der Waals surface area contributed by atoms with Gasteiger partial charge in [-0.2, -0.15) is 13.2 Å². The maximum absolute atomic E-state index is 12.8. The monoisotopic (exact) mass is 307 g/mol. The zero-order valence-corrected chi connectivity index (χ0v) is 12.4. The van der Waals surface area contributed by atoms with Crippen LogP contribution in [0.5, 0.6) is 0 Å². The molecule has 0 spiro atoms. The first-order chi connectivity index (χ1) is 9.80. The summed E-state index contributed by atoms with van der Waals surface area (Å²) < 4.78 is 38.5. The summed E-state index contributed by atoms with van der Waals surface area (Å²) in [6.07, 6.45) is -0.457. The van der Waals surface area contributed by atoms with Gasteiger partial charge in [0.05, 0.1) is 18.1 Å². The molecule has 0 radical (unpaired) electrons. The number of halogens is 3. The highest BCUT2D eigenvalue weighted by Crippen LogP contribution is 2.40. The molecular formula is C15H24F3NO2. The van der Waals surface area contributed by atoms with E-state index in [1.807, 2.05) is 0 Å². The summed E-state index contributed by atoms with van der Waals surface area (Å²) in [7, 11) is 1.62. The minimum absolute atomic E-state index is 0.102. The fraction of sp³-hybridized carbons (Fsp3) is 0.933. The van der Waals surface area contributed by atoms with Crippen molar-refractivity contribution in [2.75, 3.05) is 7.05 Å². The average Bonchev–Trinajstić information content (AvgIpc) is 2.45. The van der Waals surface area contributed by atoms with E-state index >= 15 is 0 Å². The molecule has 21 heavy (non-hydrogen) atoms. The largest absolute Gasteiger partial charge is 0.391 e. The molecule has 0 aromatic heterocycles. The normalized spacial score (nSPS) is 34.5. The predicted molar refractivity (Wildman–Crippen MR) is 72.5 cm³/mol. The second-order valence-electron chi connectivity index (χ2n) is 6.47. The highest BCUT2D eigenvalue weighted by molar-refractivity contribution is 5.79. The Morgan fingerprint density at radius 3 is 2.38 bits per heavy atom. The minimum Gasteiger partial charge on any atom is -0.391 e. The van der Waals surface area contributed by atoms with Crippen molar-refractivity contribution in [3.63, 3.8) is 0 Å². The third-order valence-corrected chi connectivity index (χ3v) is 5.03. The Bertz CT molecular complexity index is 372. The third-order valence-electron chi connectivity index (χ3n) is 5.03. The van der Waals surface area contributed by atoms with E-state index in [2.05, 4.69) is 0 Å². The first kappa shape index (κ1) is 16.6. The molecule has 2 saturated carbocycles. The molecule has 0 aromatic rings. The number of likely N-dealkylation sites (N-methyl/N-ethyl adjacent to an activating group) is 1. The molecule has 2 aliphatic carbocycles. The van der Waals surface area contributed by atoms with Gasteiger partial charge in [0.25, 0.3) is 0 Å². The number of carbonyl (C=O) groups excluding carboxylic acids is 1. The fourth-order valence-corrected chi connectivity index (χ4v) is 3.71. The topological polar surface area (TPSA) is 40.5 Å². The van der Waals surface area contributed by atoms with Gasteiger partial charge >= 0.3 is 6.18 Å².